The highest BCUT2D eigenvalue weighted by atomic mass is 16.4. The third-order valence-electron chi connectivity index (χ3n) is 4.64. The number of carboxylic acids is 1. The summed E-state index contributed by atoms with van der Waals surface area (Å²) >= 11 is 0. The minimum Gasteiger partial charge on any atom is -0.481 e. The van der Waals surface area contributed by atoms with E-state index in [2.05, 4.69) is 21.4 Å². The molecule has 19 heavy (non-hydrogen) atoms. The summed E-state index contributed by atoms with van der Waals surface area (Å²) in [6.45, 7) is 4.88. The second-order valence-corrected chi connectivity index (χ2v) is 5.94. The van der Waals surface area contributed by atoms with E-state index in [9.17, 15) is 9.90 Å². The number of fused-ring (bicyclic) bond motifs is 1. The van der Waals surface area contributed by atoms with Crippen LogP contribution < -0.4 is 0 Å². The average molecular weight is 263 g/mol. The molecule has 5 nitrogen and oxygen atoms in total. The Morgan fingerprint density at radius 2 is 2.26 bits per heavy atom. The van der Waals surface area contributed by atoms with Crippen LogP contribution in [0.3, 0.4) is 0 Å². The molecule has 1 saturated carbocycles. The maximum atomic E-state index is 11.5. The lowest BCUT2D eigenvalue weighted by molar-refractivity contribution is -0.146. The summed E-state index contributed by atoms with van der Waals surface area (Å²) in [6, 6.07) is 0.173. The van der Waals surface area contributed by atoms with E-state index < -0.39 is 5.97 Å². The summed E-state index contributed by atoms with van der Waals surface area (Å²) in [5, 5.41) is 9.43. The van der Waals surface area contributed by atoms with Crippen LogP contribution in [0.25, 0.3) is 0 Å². The third-order valence-corrected chi connectivity index (χ3v) is 4.64. The van der Waals surface area contributed by atoms with Crippen molar-refractivity contribution in [2.45, 2.75) is 45.3 Å². The van der Waals surface area contributed by atoms with E-state index in [0.717, 1.165) is 44.7 Å². The molecule has 3 rings (SSSR count). The molecule has 104 valence electrons. The molecule has 3 unspecified atom stereocenters. The van der Waals surface area contributed by atoms with E-state index in [1.54, 1.807) is 0 Å². The number of carbonyl (C=O) groups is 1. The Kier molecular flexibility index (Phi) is 3.31. The van der Waals surface area contributed by atoms with E-state index in [0.29, 0.717) is 5.92 Å². The van der Waals surface area contributed by atoms with Gasteiger partial charge < -0.3 is 9.67 Å². The van der Waals surface area contributed by atoms with Gasteiger partial charge in [-0.15, -0.1) is 0 Å². The highest BCUT2D eigenvalue weighted by molar-refractivity contribution is 5.71. The number of hydrogen-bond acceptors (Lipinski definition) is 3. The first-order chi connectivity index (χ1) is 9.15. The fraction of sp³-hybridized carbons (Fsp3) is 0.714. The van der Waals surface area contributed by atoms with Crippen LogP contribution in [0, 0.1) is 11.8 Å². The molecule has 0 amide bonds. The smallest absolute Gasteiger partial charge is 0.308 e. The van der Waals surface area contributed by atoms with Gasteiger partial charge in [0.05, 0.1) is 12.5 Å². The lowest BCUT2D eigenvalue weighted by Crippen LogP contribution is -2.49. The highest BCUT2D eigenvalue weighted by Crippen LogP contribution is 2.33. The molecular formula is C14H21N3O2. The topological polar surface area (TPSA) is 58.4 Å². The Morgan fingerprint density at radius 1 is 1.42 bits per heavy atom. The molecule has 1 fully saturated rings. The van der Waals surface area contributed by atoms with Crippen molar-refractivity contribution in [2.75, 3.05) is 6.54 Å². The molecule has 1 N–H and O–H groups in total. The van der Waals surface area contributed by atoms with Gasteiger partial charge in [-0.1, -0.05) is 6.92 Å². The largest absolute Gasteiger partial charge is 0.481 e. The fourth-order valence-corrected chi connectivity index (χ4v) is 3.52. The highest BCUT2D eigenvalue weighted by Gasteiger charge is 2.38. The van der Waals surface area contributed by atoms with Crippen LogP contribution in [0.2, 0.25) is 0 Å². The maximum Gasteiger partial charge on any atom is 0.308 e. The zero-order chi connectivity index (χ0) is 13.4. The molecule has 3 atom stereocenters. The molecule has 1 aromatic rings. The first-order valence-corrected chi connectivity index (χ1v) is 7.12. The maximum absolute atomic E-state index is 11.5. The Balaban J connectivity index is 1.78. The van der Waals surface area contributed by atoms with Gasteiger partial charge >= 0.3 is 5.97 Å². The fourth-order valence-electron chi connectivity index (χ4n) is 3.52. The van der Waals surface area contributed by atoms with Crippen LogP contribution in [0.1, 0.15) is 32.0 Å². The second kappa shape index (κ2) is 4.96. The van der Waals surface area contributed by atoms with Crippen LogP contribution in [0.4, 0.5) is 0 Å². The predicted octanol–water partition coefficient (Wildman–Crippen LogP) is 1.59. The lowest BCUT2D eigenvalue weighted by atomic mass is 9.78. The Hall–Kier alpha value is -1.36. The third kappa shape index (κ3) is 2.39. The quantitative estimate of drug-likeness (QED) is 0.880. The molecule has 0 bridgehead atoms. The summed E-state index contributed by atoms with van der Waals surface area (Å²) in [7, 11) is 0. The molecule has 5 heteroatoms. The van der Waals surface area contributed by atoms with Crippen molar-refractivity contribution in [3.05, 3.63) is 18.2 Å². The summed E-state index contributed by atoms with van der Waals surface area (Å²) in [5.41, 5.74) is 0. The molecule has 0 aromatic carbocycles. The molecule has 1 aliphatic carbocycles. The Morgan fingerprint density at radius 3 is 3.05 bits per heavy atom. The average Bonchev–Trinajstić information content (AvgIpc) is 2.85. The van der Waals surface area contributed by atoms with Gasteiger partial charge in [-0.05, 0) is 25.2 Å². The summed E-state index contributed by atoms with van der Waals surface area (Å²) in [5.74, 6) is 0.847. The Labute approximate surface area is 113 Å². The van der Waals surface area contributed by atoms with Gasteiger partial charge in [0.1, 0.15) is 5.82 Å². The van der Waals surface area contributed by atoms with Gasteiger partial charge in [0.2, 0.25) is 0 Å². The molecule has 1 aromatic heterocycles. The number of nitrogens with zero attached hydrogens (tertiary/aromatic N) is 3. The summed E-state index contributed by atoms with van der Waals surface area (Å²) in [6.07, 6.45) is 6.68. The van der Waals surface area contributed by atoms with Crippen LogP contribution in [-0.2, 0) is 17.9 Å². The SMILES string of the molecule is CC1CCC(C(=O)O)C(N2CCn3ccnc3C2)C1. The van der Waals surface area contributed by atoms with Gasteiger partial charge in [-0.2, -0.15) is 0 Å². The minimum absolute atomic E-state index is 0.173. The van der Waals surface area contributed by atoms with Gasteiger partial charge in [-0.3, -0.25) is 9.69 Å². The predicted molar refractivity (Wildman–Crippen MR) is 70.6 cm³/mol. The standard InChI is InChI=1S/C14H21N3O2/c1-10-2-3-11(14(18)19)12(8-10)17-7-6-16-5-4-15-13(16)9-17/h4-5,10-12H,2-3,6-9H2,1H3,(H,18,19). The monoisotopic (exact) mass is 263 g/mol. The molecule has 2 aliphatic rings. The number of hydrogen-bond donors (Lipinski definition) is 1. The van der Waals surface area contributed by atoms with Crippen molar-refractivity contribution in [1.82, 2.24) is 14.5 Å². The van der Waals surface area contributed by atoms with Crippen molar-refractivity contribution >= 4 is 5.97 Å². The van der Waals surface area contributed by atoms with E-state index in [-0.39, 0.29) is 12.0 Å². The second-order valence-electron chi connectivity index (χ2n) is 5.94. The molecule has 0 radical (unpaired) electrons. The van der Waals surface area contributed by atoms with Gasteiger partial charge in [0.15, 0.2) is 0 Å². The lowest BCUT2D eigenvalue weighted by Gasteiger charge is -2.41. The zero-order valence-electron chi connectivity index (χ0n) is 11.3. The van der Waals surface area contributed by atoms with Crippen molar-refractivity contribution in [3.8, 4) is 0 Å². The zero-order valence-corrected chi connectivity index (χ0v) is 11.3. The number of aliphatic carboxylic acids is 1. The van der Waals surface area contributed by atoms with E-state index in [1.165, 1.54) is 0 Å². The molecule has 0 saturated heterocycles. The van der Waals surface area contributed by atoms with Crippen LogP contribution >= 0.6 is 0 Å². The van der Waals surface area contributed by atoms with Crippen LogP contribution in [-0.4, -0.2) is 38.1 Å². The van der Waals surface area contributed by atoms with Gasteiger partial charge in [0.25, 0.3) is 0 Å². The first-order valence-electron chi connectivity index (χ1n) is 7.12. The van der Waals surface area contributed by atoms with E-state index in [4.69, 9.17) is 0 Å². The van der Waals surface area contributed by atoms with Crippen molar-refractivity contribution in [1.29, 1.82) is 0 Å². The van der Waals surface area contributed by atoms with E-state index >= 15 is 0 Å². The summed E-state index contributed by atoms with van der Waals surface area (Å²) in [4.78, 5) is 18.2. The number of imidazole rings is 1. The van der Waals surface area contributed by atoms with Crippen molar-refractivity contribution in [2.24, 2.45) is 11.8 Å². The number of carboxylic acid groups (broad SMARTS) is 1. The first kappa shape index (κ1) is 12.7. The number of aromatic nitrogens is 2. The Bertz CT molecular complexity index is 471. The van der Waals surface area contributed by atoms with Gasteiger partial charge in [0, 0.05) is 31.5 Å². The van der Waals surface area contributed by atoms with Crippen LogP contribution in [0.15, 0.2) is 12.4 Å². The molecule has 1 aliphatic heterocycles. The molecule has 0 spiro atoms. The molecular weight excluding hydrogens is 242 g/mol. The molecule has 2 heterocycles. The van der Waals surface area contributed by atoms with Crippen molar-refractivity contribution < 1.29 is 9.90 Å². The number of rotatable bonds is 2. The minimum atomic E-state index is -0.634. The van der Waals surface area contributed by atoms with Gasteiger partial charge in [-0.25, -0.2) is 4.98 Å². The van der Waals surface area contributed by atoms with E-state index in [1.807, 2.05) is 12.4 Å². The normalized spacial score (nSPS) is 31.9. The van der Waals surface area contributed by atoms with Crippen LogP contribution in [0.5, 0.6) is 0 Å². The summed E-state index contributed by atoms with van der Waals surface area (Å²) < 4.78 is 2.17. The van der Waals surface area contributed by atoms with Crippen molar-refractivity contribution in [3.63, 3.8) is 0 Å².